The van der Waals surface area contributed by atoms with E-state index in [1.165, 1.54) is 5.56 Å². The number of hydrogen-bond acceptors (Lipinski definition) is 1. The summed E-state index contributed by atoms with van der Waals surface area (Å²) in [7, 11) is 1.68. The van der Waals surface area contributed by atoms with E-state index in [2.05, 4.69) is 19.1 Å². The van der Waals surface area contributed by atoms with E-state index >= 15 is 0 Å². The zero-order valence-electron chi connectivity index (χ0n) is 7.92. The first-order valence-corrected chi connectivity index (χ1v) is 3.79. The van der Waals surface area contributed by atoms with Gasteiger partial charge in [0.15, 0.2) is 0 Å². The Morgan fingerprint density at radius 1 is 1.23 bits per heavy atom. The molecule has 0 atom stereocenters. The zero-order valence-corrected chi connectivity index (χ0v) is 11.6. The third kappa shape index (κ3) is 5.28. The maximum atomic E-state index is 5.03. The van der Waals surface area contributed by atoms with Crippen molar-refractivity contribution in [3.8, 4) is 5.75 Å². The molecule has 68 valence electrons. The monoisotopic (exact) mass is 248 g/mol. The molecule has 0 amide bonds. The molecule has 1 aromatic rings. The van der Waals surface area contributed by atoms with Crippen molar-refractivity contribution in [2.75, 3.05) is 7.11 Å². The number of aryl methyl sites for hydroxylation is 1. The van der Waals surface area contributed by atoms with E-state index in [9.17, 15) is 0 Å². The first-order chi connectivity index (χ1) is 5.36. The summed E-state index contributed by atoms with van der Waals surface area (Å²) >= 11 is 0. The molecule has 0 unspecified atom stereocenters. The number of ether oxygens (including phenoxy) is 1. The van der Waals surface area contributed by atoms with Gasteiger partial charge in [-0.25, -0.2) is 0 Å². The predicted octanol–water partition coefficient (Wildman–Crippen LogP) is -0.537. The molecule has 0 bridgehead atoms. The maximum absolute atomic E-state index is 5.03. The minimum atomic E-state index is 0. The van der Waals surface area contributed by atoms with Crippen LogP contribution in [0.5, 0.6) is 5.75 Å². The third-order valence-electron chi connectivity index (χ3n) is 1.62. The summed E-state index contributed by atoms with van der Waals surface area (Å²) in [5, 5.41) is 0. The van der Waals surface area contributed by atoms with E-state index in [0.29, 0.717) is 0 Å². The van der Waals surface area contributed by atoms with E-state index < -0.39 is 0 Å². The number of methoxy groups -OCH3 is 1. The van der Waals surface area contributed by atoms with Gasteiger partial charge >= 0.3 is 19.5 Å². The van der Waals surface area contributed by atoms with Crippen molar-refractivity contribution in [3.05, 3.63) is 36.8 Å². The molecule has 0 radical (unpaired) electrons. The van der Waals surface area contributed by atoms with Gasteiger partial charge in [-0.3, -0.25) is 0 Å². The Hall–Kier alpha value is -0.0666. The van der Waals surface area contributed by atoms with Gasteiger partial charge in [0.1, 0.15) is 5.75 Å². The van der Waals surface area contributed by atoms with Crippen molar-refractivity contribution < 1.29 is 36.6 Å². The van der Waals surface area contributed by atoms with Gasteiger partial charge in [0.05, 0.1) is 7.11 Å². The van der Waals surface area contributed by atoms with Crippen molar-refractivity contribution in [1.29, 1.82) is 0 Å². The summed E-state index contributed by atoms with van der Waals surface area (Å²) in [4.78, 5) is 0. The van der Waals surface area contributed by atoms with Crippen LogP contribution in [0.25, 0.3) is 0 Å². The number of hydrogen-bond donors (Lipinski definition) is 0. The first kappa shape index (κ1) is 15.4. The van der Waals surface area contributed by atoms with Crippen LogP contribution in [0, 0.1) is 6.92 Å². The Morgan fingerprint density at radius 3 is 2.15 bits per heavy atom. The summed E-state index contributed by atoms with van der Waals surface area (Å²) in [5.74, 6) is 0.915. The fourth-order valence-corrected chi connectivity index (χ4v) is 0.996. The van der Waals surface area contributed by atoms with Gasteiger partial charge in [0.2, 0.25) is 0 Å². The Balaban J connectivity index is 0. The molecule has 0 heterocycles. The van der Waals surface area contributed by atoms with Crippen LogP contribution in [0.1, 0.15) is 12.0 Å². The van der Waals surface area contributed by atoms with E-state index in [1.807, 2.05) is 12.1 Å². The molecule has 1 aromatic carbocycles. The second kappa shape index (κ2) is 8.53. The molecule has 0 aliphatic heterocycles. The molecule has 3 heteroatoms. The van der Waals surface area contributed by atoms with E-state index in [0.717, 1.165) is 18.6 Å². The van der Waals surface area contributed by atoms with Crippen LogP contribution in [0.3, 0.4) is 0 Å². The van der Waals surface area contributed by atoms with Crippen molar-refractivity contribution in [2.45, 2.75) is 12.8 Å². The first-order valence-electron chi connectivity index (χ1n) is 3.79. The van der Waals surface area contributed by atoms with Crippen molar-refractivity contribution in [2.24, 2.45) is 0 Å². The SMILES string of the molecule is [CH2-]CCc1ccc(OC)cc1.[Cl-].[Zn+2]. The van der Waals surface area contributed by atoms with Crippen LogP contribution in [0.2, 0.25) is 0 Å². The van der Waals surface area contributed by atoms with Gasteiger partial charge in [-0.1, -0.05) is 24.1 Å². The normalized spacial score (nSPS) is 8.15. The smallest absolute Gasteiger partial charge is 1.00 e. The van der Waals surface area contributed by atoms with Crippen LogP contribution >= 0.6 is 0 Å². The molecule has 0 spiro atoms. The summed E-state index contributed by atoms with van der Waals surface area (Å²) < 4.78 is 5.03. The van der Waals surface area contributed by atoms with E-state index in [4.69, 9.17) is 4.74 Å². The van der Waals surface area contributed by atoms with Crippen molar-refractivity contribution in [1.82, 2.24) is 0 Å². The van der Waals surface area contributed by atoms with Crippen LogP contribution in [0.4, 0.5) is 0 Å². The molecule has 0 saturated carbocycles. The van der Waals surface area contributed by atoms with Crippen molar-refractivity contribution in [3.63, 3.8) is 0 Å². The molecule has 1 nitrogen and oxygen atoms in total. The number of halogens is 1. The number of rotatable bonds is 3. The van der Waals surface area contributed by atoms with Crippen molar-refractivity contribution >= 4 is 0 Å². The third-order valence-corrected chi connectivity index (χ3v) is 1.62. The molecule has 0 aliphatic carbocycles. The van der Waals surface area contributed by atoms with Gasteiger partial charge in [-0.05, 0) is 12.1 Å². The fourth-order valence-electron chi connectivity index (χ4n) is 0.996. The van der Waals surface area contributed by atoms with Gasteiger partial charge < -0.3 is 24.1 Å². The average molecular weight is 250 g/mol. The molecular weight excluding hydrogens is 237 g/mol. The van der Waals surface area contributed by atoms with Crippen LogP contribution in [-0.2, 0) is 25.9 Å². The molecule has 1 rings (SSSR count). The van der Waals surface area contributed by atoms with Crippen LogP contribution in [-0.4, -0.2) is 7.11 Å². The quantitative estimate of drug-likeness (QED) is 0.517. The molecule has 0 saturated heterocycles. The maximum Gasteiger partial charge on any atom is 2.00 e. The standard InChI is InChI=1S/C10H13O.ClH.Zn/c1-3-4-9-5-7-10(11-2)8-6-9;;/h5-8H,1,3-4H2,2H3;1H;/q-1;;+2/p-1. The van der Waals surface area contributed by atoms with Crippen LogP contribution in [0.15, 0.2) is 24.3 Å². The van der Waals surface area contributed by atoms with Gasteiger partial charge in [0, 0.05) is 0 Å². The largest absolute Gasteiger partial charge is 2.00 e. The minimum Gasteiger partial charge on any atom is -1.00 e. The van der Waals surface area contributed by atoms with E-state index in [-0.39, 0.29) is 31.9 Å². The second-order valence-corrected chi connectivity index (χ2v) is 2.45. The Kier molecular flexibility index (Phi) is 10.1. The fraction of sp³-hybridized carbons (Fsp3) is 0.300. The molecular formula is C10H13ClOZn. The Labute approximate surface area is 99.0 Å². The average Bonchev–Trinajstić information content (AvgIpc) is 2.07. The summed E-state index contributed by atoms with van der Waals surface area (Å²) in [6.07, 6.45) is 2.00. The number of benzene rings is 1. The molecule has 0 aromatic heterocycles. The predicted molar refractivity (Wildman–Crippen MR) is 46.7 cm³/mol. The van der Waals surface area contributed by atoms with Crippen LogP contribution < -0.4 is 17.1 Å². The molecule has 0 fully saturated rings. The summed E-state index contributed by atoms with van der Waals surface area (Å²) in [5.41, 5.74) is 1.32. The second-order valence-electron chi connectivity index (χ2n) is 2.45. The molecule has 0 aliphatic rings. The Bertz CT molecular complexity index is 211. The summed E-state index contributed by atoms with van der Waals surface area (Å²) in [6.45, 7) is 3.79. The molecule has 13 heavy (non-hydrogen) atoms. The summed E-state index contributed by atoms with van der Waals surface area (Å²) in [6, 6.07) is 8.10. The minimum absolute atomic E-state index is 0. The van der Waals surface area contributed by atoms with Gasteiger partial charge in [-0.2, -0.15) is 6.42 Å². The zero-order chi connectivity index (χ0) is 8.10. The van der Waals surface area contributed by atoms with Gasteiger partial charge in [-0.15, -0.1) is 0 Å². The topological polar surface area (TPSA) is 9.23 Å². The van der Waals surface area contributed by atoms with E-state index in [1.54, 1.807) is 7.11 Å². The molecule has 0 N–H and O–H groups in total. The van der Waals surface area contributed by atoms with Gasteiger partial charge in [0.25, 0.3) is 0 Å². The Morgan fingerprint density at radius 2 is 1.77 bits per heavy atom.